The van der Waals surface area contributed by atoms with Crippen LogP contribution in [0.2, 0.25) is 0 Å². The van der Waals surface area contributed by atoms with Crippen LogP contribution in [0.1, 0.15) is 18.9 Å². The quantitative estimate of drug-likeness (QED) is 0.622. The van der Waals surface area contributed by atoms with Gasteiger partial charge in [0.2, 0.25) is 10.0 Å². The second-order valence-electron chi connectivity index (χ2n) is 7.83. The van der Waals surface area contributed by atoms with E-state index in [4.69, 9.17) is 0 Å². The molecule has 158 valence electrons. The van der Waals surface area contributed by atoms with Gasteiger partial charge in [0.1, 0.15) is 0 Å². The van der Waals surface area contributed by atoms with Gasteiger partial charge in [-0.05, 0) is 53.9 Å². The summed E-state index contributed by atoms with van der Waals surface area (Å²) in [6.07, 6.45) is 0.973. The second-order valence-corrected chi connectivity index (χ2v) is 9.55. The number of nitrogens with zero attached hydrogens (tertiary/aromatic N) is 5. The van der Waals surface area contributed by atoms with Gasteiger partial charge in [-0.1, -0.05) is 42.5 Å². The lowest BCUT2D eigenvalue weighted by Crippen LogP contribution is -2.39. The first-order chi connectivity index (χ1) is 14.4. The summed E-state index contributed by atoms with van der Waals surface area (Å²) >= 11 is 0. The molecule has 1 saturated heterocycles. The van der Waals surface area contributed by atoms with Crippen molar-refractivity contribution in [2.75, 3.05) is 13.1 Å². The molecule has 0 saturated carbocycles. The average Bonchev–Trinajstić information content (AvgIpc) is 3.38. The lowest BCUT2D eigenvalue weighted by molar-refractivity contribution is 0.305. The molecular formula is C21H26N6O2S. The largest absolute Gasteiger partial charge is 0.299 e. The minimum Gasteiger partial charge on any atom is -0.299 e. The highest BCUT2D eigenvalue weighted by molar-refractivity contribution is 7.89. The highest BCUT2D eigenvalue weighted by Gasteiger charge is 2.30. The van der Waals surface area contributed by atoms with Crippen LogP contribution in [0.15, 0.2) is 59.5 Å². The predicted molar refractivity (Wildman–Crippen MR) is 114 cm³/mol. The molecule has 8 nitrogen and oxygen atoms in total. The number of aromatic nitrogens is 4. The fourth-order valence-electron chi connectivity index (χ4n) is 3.94. The lowest BCUT2D eigenvalue weighted by Gasteiger charge is -2.22. The molecule has 2 atom stereocenters. The van der Waals surface area contributed by atoms with Crippen LogP contribution in [0.3, 0.4) is 0 Å². The molecule has 0 bridgehead atoms. The number of hydrogen-bond acceptors (Lipinski definition) is 6. The smallest absolute Gasteiger partial charge is 0.240 e. The van der Waals surface area contributed by atoms with Crippen LogP contribution in [0.5, 0.6) is 0 Å². The molecule has 0 radical (unpaired) electrons. The predicted octanol–water partition coefficient (Wildman–Crippen LogP) is 2.07. The second kappa shape index (κ2) is 8.63. The Bertz CT molecular complexity index is 1100. The van der Waals surface area contributed by atoms with E-state index < -0.39 is 10.0 Å². The van der Waals surface area contributed by atoms with Crippen molar-refractivity contribution in [1.29, 1.82) is 0 Å². The van der Waals surface area contributed by atoms with Crippen molar-refractivity contribution < 1.29 is 8.42 Å². The first-order valence-electron chi connectivity index (χ1n) is 10.0. The summed E-state index contributed by atoms with van der Waals surface area (Å²) in [5.74, 6) is 0.794. The number of likely N-dealkylation sites (tertiary alicyclic amines) is 1. The number of sulfonamides is 1. The van der Waals surface area contributed by atoms with Crippen LogP contribution in [0, 0.1) is 5.92 Å². The Morgan fingerprint density at radius 1 is 1.17 bits per heavy atom. The van der Waals surface area contributed by atoms with Gasteiger partial charge in [0, 0.05) is 31.7 Å². The molecule has 3 aromatic rings. The van der Waals surface area contributed by atoms with Crippen LogP contribution in [0.25, 0.3) is 11.4 Å². The van der Waals surface area contributed by atoms with Crippen molar-refractivity contribution in [2.24, 2.45) is 13.0 Å². The minimum atomic E-state index is -3.65. The van der Waals surface area contributed by atoms with Gasteiger partial charge in [0.25, 0.3) is 0 Å². The fourth-order valence-corrected chi connectivity index (χ4v) is 5.30. The van der Waals surface area contributed by atoms with E-state index in [1.54, 1.807) is 31.3 Å². The highest BCUT2D eigenvalue weighted by Crippen LogP contribution is 2.24. The van der Waals surface area contributed by atoms with Gasteiger partial charge in [-0.3, -0.25) is 4.90 Å². The Hall–Kier alpha value is -2.62. The summed E-state index contributed by atoms with van der Waals surface area (Å²) in [6, 6.07) is 16.9. The molecule has 2 unspecified atom stereocenters. The van der Waals surface area contributed by atoms with E-state index >= 15 is 0 Å². The van der Waals surface area contributed by atoms with Gasteiger partial charge in [-0.25, -0.2) is 17.8 Å². The van der Waals surface area contributed by atoms with E-state index in [0.29, 0.717) is 11.4 Å². The van der Waals surface area contributed by atoms with E-state index in [2.05, 4.69) is 37.3 Å². The first-order valence-corrected chi connectivity index (χ1v) is 11.5. The van der Waals surface area contributed by atoms with Crippen LogP contribution in [-0.2, 0) is 23.6 Å². The summed E-state index contributed by atoms with van der Waals surface area (Å²) < 4.78 is 30.4. The number of nitrogens with one attached hydrogen (secondary N) is 1. The van der Waals surface area contributed by atoms with Gasteiger partial charge < -0.3 is 0 Å². The molecule has 1 fully saturated rings. The minimum absolute atomic E-state index is 0.157. The van der Waals surface area contributed by atoms with E-state index in [1.807, 2.05) is 25.1 Å². The topological polar surface area (TPSA) is 93.0 Å². The van der Waals surface area contributed by atoms with E-state index in [-0.39, 0.29) is 16.9 Å². The van der Waals surface area contributed by atoms with Gasteiger partial charge >= 0.3 is 0 Å². The van der Waals surface area contributed by atoms with E-state index in [9.17, 15) is 8.42 Å². The van der Waals surface area contributed by atoms with Crippen molar-refractivity contribution in [2.45, 2.75) is 30.8 Å². The molecule has 1 aliphatic heterocycles. The highest BCUT2D eigenvalue weighted by atomic mass is 32.2. The SMILES string of the molecule is CC(NS(=O)(=O)c1cccc(-c2nnnn2C)c1)C1CCN(Cc2ccccc2)C1. The number of rotatable bonds is 7. The normalized spacial score (nSPS) is 18.5. The maximum Gasteiger partial charge on any atom is 0.240 e. The van der Waals surface area contributed by atoms with Gasteiger partial charge in [-0.15, -0.1) is 5.10 Å². The zero-order chi connectivity index (χ0) is 21.1. The van der Waals surface area contributed by atoms with Crippen molar-refractivity contribution >= 4 is 10.0 Å². The lowest BCUT2D eigenvalue weighted by atomic mass is 10.0. The molecule has 9 heteroatoms. The Balaban J connectivity index is 1.42. The molecule has 2 aromatic carbocycles. The van der Waals surface area contributed by atoms with Gasteiger partial charge in [-0.2, -0.15) is 0 Å². The van der Waals surface area contributed by atoms with Crippen molar-refractivity contribution in [3.8, 4) is 11.4 Å². The molecular weight excluding hydrogens is 400 g/mol. The first kappa shape index (κ1) is 20.6. The number of aryl methyl sites for hydroxylation is 1. The molecule has 30 heavy (non-hydrogen) atoms. The van der Waals surface area contributed by atoms with E-state index in [0.717, 1.165) is 26.1 Å². The summed E-state index contributed by atoms with van der Waals surface area (Å²) in [5, 5.41) is 11.4. The summed E-state index contributed by atoms with van der Waals surface area (Å²) in [7, 11) is -1.93. The molecule has 2 heterocycles. The standard InChI is InChI=1S/C21H26N6O2S/c1-16(19-11-12-27(15-19)14-17-7-4-3-5-8-17)23-30(28,29)20-10-6-9-18(13-20)21-22-24-25-26(21)2/h3-10,13,16,19,23H,11-12,14-15H2,1-2H3. The number of benzene rings is 2. The van der Waals surface area contributed by atoms with Crippen molar-refractivity contribution in [3.63, 3.8) is 0 Å². The van der Waals surface area contributed by atoms with Gasteiger partial charge in [0.05, 0.1) is 4.90 Å². The van der Waals surface area contributed by atoms with Crippen LogP contribution < -0.4 is 4.72 Å². The molecule has 1 N–H and O–H groups in total. The molecule has 1 aromatic heterocycles. The van der Waals surface area contributed by atoms with Crippen molar-refractivity contribution in [3.05, 3.63) is 60.2 Å². The average molecular weight is 427 g/mol. The van der Waals surface area contributed by atoms with E-state index in [1.165, 1.54) is 10.2 Å². The molecule has 1 aliphatic rings. The monoisotopic (exact) mass is 426 g/mol. The zero-order valence-corrected chi connectivity index (χ0v) is 18.0. The molecule has 0 aliphatic carbocycles. The zero-order valence-electron chi connectivity index (χ0n) is 17.1. The Morgan fingerprint density at radius 3 is 2.70 bits per heavy atom. The van der Waals surface area contributed by atoms with Crippen LogP contribution >= 0.6 is 0 Å². The Morgan fingerprint density at radius 2 is 1.97 bits per heavy atom. The number of tetrazole rings is 1. The van der Waals surface area contributed by atoms with Gasteiger partial charge in [0.15, 0.2) is 5.82 Å². The van der Waals surface area contributed by atoms with Crippen LogP contribution in [-0.4, -0.2) is 52.7 Å². The third-order valence-corrected chi connectivity index (χ3v) is 7.19. The Labute approximate surface area is 177 Å². The molecule has 0 amide bonds. The molecule has 4 rings (SSSR count). The number of hydrogen-bond donors (Lipinski definition) is 1. The summed E-state index contributed by atoms with van der Waals surface area (Å²) in [5.41, 5.74) is 1.94. The molecule has 0 spiro atoms. The third kappa shape index (κ3) is 4.58. The third-order valence-electron chi connectivity index (χ3n) is 5.63. The summed E-state index contributed by atoms with van der Waals surface area (Å²) in [6.45, 7) is 4.69. The van der Waals surface area contributed by atoms with Crippen molar-refractivity contribution in [1.82, 2.24) is 29.8 Å². The maximum absolute atomic E-state index is 13.0. The fraction of sp³-hybridized carbons (Fsp3) is 0.381. The summed E-state index contributed by atoms with van der Waals surface area (Å²) in [4.78, 5) is 2.60. The maximum atomic E-state index is 13.0. The Kier molecular flexibility index (Phi) is 5.94. The van der Waals surface area contributed by atoms with Crippen LogP contribution in [0.4, 0.5) is 0 Å².